The van der Waals surface area contributed by atoms with Crippen molar-refractivity contribution in [2.45, 2.75) is 19.8 Å². The van der Waals surface area contributed by atoms with Crippen LogP contribution < -0.4 is 10.2 Å². The average molecular weight is 313 g/mol. The minimum absolute atomic E-state index is 0.152. The molecule has 0 radical (unpaired) electrons. The molecular formula is C14H14Cl2N2O2. The van der Waals surface area contributed by atoms with Gasteiger partial charge in [-0.25, -0.2) is 5.43 Å². The Morgan fingerprint density at radius 3 is 2.85 bits per heavy atom. The number of ether oxygens (including phenoxy) is 1. The first-order chi connectivity index (χ1) is 9.54. The van der Waals surface area contributed by atoms with Crippen molar-refractivity contribution in [1.82, 2.24) is 5.43 Å². The fourth-order valence-corrected chi connectivity index (χ4v) is 2.21. The molecule has 106 valence electrons. The maximum Gasteiger partial charge on any atom is 0.277 e. The molecule has 0 spiro atoms. The Morgan fingerprint density at radius 1 is 1.40 bits per heavy atom. The zero-order valence-electron chi connectivity index (χ0n) is 11.0. The minimum atomic E-state index is -0.332. The first kappa shape index (κ1) is 14.9. The van der Waals surface area contributed by atoms with Crippen molar-refractivity contribution in [3.05, 3.63) is 39.9 Å². The second kappa shape index (κ2) is 6.77. The van der Waals surface area contributed by atoms with Crippen molar-refractivity contribution < 1.29 is 9.53 Å². The van der Waals surface area contributed by atoms with E-state index in [1.807, 2.05) is 13.0 Å². The van der Waals surface area contributed by atoms with Crippen LogP contribution in [0, 0.1) is 0 Å². The predicted octanol–water partition coefficient (Wildman–Crippen LogP) is 3.58. The Bertz CT molecular complexity index is 583. The number of benzene rings is 1. The van der Waals surface area contributed by atoms with Crippen LogP contribution >= 0.6 is 23.2 Å². The normalized spacial score (nSPS) is 16.1. The van der Waals surface area contributed by atoms with Crippen LogP contribution in [0.15, 0.2) is 34.9 Å². The lowest BCUT2D eigenvalue weighted by Crippen LogP contribution is -2.25. The van der Waals surface area contributed by atoms with E-state index < -0.39 is 0 Å². The molecule has 1 N–H and O–H groups in total. The topological polar surface area (TPSA) is 50.7 Å². The average Bonchev–Trinajstić information content (AvgIpc) is 2.81. The molecule has 0 atom stereocenters. The Kier molecular flexibility index (Phi) is 5.04. The Balaban J connectivity index is 1.83. The van der Waals surface area contributed by atoms with Crippen LogP contribution in [-0.2, 0) is 4.79 Å². The molecule has 20 heavy (non-hydrogen) atoms. The fraction of sp³-hybridized carbons (Fsp3) is 0.286. The Hall–Kier alpha value is -1.52. The predicted molar refractivity (Wildman–Crippen MR) is 80.5 cm³/mol. The van der Waals surface area contributed by atoms with Gasteiger partial charge in [-0.1, -0.05) is 28.8 Å². The van der Waals surface area contributed by atoms with Crippen LogP contribution in [0.5, 0.6) is 5.75 Å². The number of carbonyl (C=O) groups excluding carboxylic acids is 1. The van der Waals surface area contributed by atoms with E-state index in [-0.39, 0.29) is 12.5 Å². The van der Waals surface area contributed by atoms with Crippen molar-refractivity contribution in [2.75, 3.05) is 6.61 Å². The molecule has 0 heterocycles. The van der Waals surface area contributed by atoms with Crippen molar-refractivity contribution >= 4 is 34.8 Å². The quantitative estimate of drug-likeness (QED) is 0.864. The monoisotopic (exact) mass is 312 g/mol. The summed E-state index contributed by atoms with van der Waals surface area (Å²) in [6, 6.07) is 4.82. The minimum Gasteiger partial charge on any atom is -0.482 e. The van der Waals surface area contributed by atoms with E-state index in [4.69, 9.17) is 27.9 Å². The number of halogens is 2. The Labute approximate surface area is 127 Å². The lowest BCUT2D eigenvalue weighted by Gasteiger charge is -2.07. The molecule has 4 nitrogen and oxygen atoms in total. The van der Waals surface area contributed by atoms with Gasteiger partial charge in [0.1, 0.15) is 5.75 Å². The molecule has 2 rings (SSSR count). The van der Waals surface area contributed by atoms with Crippen LogP contribution in [-0.4, -0.2) is 18.2 Å². The second-order valence-electron chi connectivity index (χ2n) is 4.49. The summed E-state index contributed by atoms with van der Waals surface area (Å²) < 4.78 is 5.30. The maximum absolute atomic E-state index is 11.6. The summed E-state index contributed by atoms with van der Waals surface area (Å²) in [5.74, 6) is 0.0805. The van der Waals surface area contributed by atoms with Gasteiger partial charge < -0.3 is 4.74 Å². The van der Waals surface area contributed by atoms with Gasteiger partial charge in [0.2, 0.25) is 0 Å². The molecule has 0 bridgehead atoms. The van der Waals surface area contributed by atoms with Gasteiger partial charge in [0.05, 0.1) is 10.7 Å². The molecule has 0 saturated carbocycles. The van der Waals surface area contributed by atoms with E-state index in [0.717, 1.165) is 18.6 Å². The van der Waals surface area contributed by atoms with Crippen molar-refractivity contribution in [2.24, 2.45) is 5.10 Å². The summed E-state index contributed by atoms with van der Waals surface area (Å²) in [5.41, 5.74) is 4.60. The third-order valence-corrected chi connectivity index (χ3v) is 3.30. The van der Waals surface area contributed by atoms with E-state index in [9.17, 15) is 4.79 Å². The highest BCUT2D eigenvalue weighted by Gasteiger charge is 2.09. The van der Waals surface area contributed by atoms with Crippen molar-refractivity contribution in [1.29, 1.82) is 0 Å². The third kappa shape index (κ3) is 4.25. The van der Waals surface area contributed by atoms with Gasteiger partial charge in [0.15, 0.2) is 6.61 Å². The van der Waals surface area contributed by atoms with Crippen LogP contribution in [0.25, 0.3) is 0 Å². The lowest BCUT2D eigenvalue weighted by atomic mass is 10.3. The van der Waals surface area contributed by atoms with E-state index in [0.29, 0.717) is 15.8 Å². The highest BCUT2D eigenvalue weighted by molar-refractivity contribution is 6.35. The molecule has 6 heteroatoms. The highest BCUT2D eigenvalue weighted by Crippen LogP contribution is 2.27. The maximum atomic E-state index is 11.6. The van der Waals surface area contributed by atoms with Gasteiger partial charge in [0, 0.05) is 5.02 Å². The first-order valence-corrected chi connectivity index (χ1v) is 6.90. The molecule has 0 aliphatic heterocycles. The third-order valence-electron chi connectivity index (χ3n) is 2.77. The zero-order chi connectivity index (χ0) is 14.5. The molecule has 1 aromatic carbocycles. The number of rotatable bonds is 4. The molecule has 0 aromatic heterocycles. The molecule has 0 unspecified atom stereocenters. The summed E-state index contributed by atoms with van der Waals surface area (Å²) in [5, 5.41) is 4.91. The van der Waals surface area contributed by atoms with Crippen LogP contribution in [0.4, 0.5) is 0 Å². The van der Waals surface area contributed by atoms with Crippen LogP contribution in [0.2, 0.25) is 10.0 Å². The van der Waals surface area contributed by atoms with Gasteiger partial charge in [-0.15, -0.1) is 0 Å². The molecule has 1 aliphatic carbocycles. The molecule has 1 amide bonds. The summed E-state index contributed by atoms with van der Waals surface area (Å²) in [6.45, 7) is 1.89. The first-order valence-electron chi connectivity index (χ1n) is 6.15. The fourth-order valence-electron chi connectivity index (χ4n) is 1.74. The number of hydrogen-bond donors (Lipinski definition) is 1. The van der Waals surface area contributed by atoms with Gasteiger partial charge in [-0.2, -0.15) is 5.10 Å². The number of allylic oxidation sites excluding steroid dienone is 2. The number of hydrogen-bond acceptors (Lipinski definition) is 3. The number of nitrogens with one attached hydrogen (secondary N) is 1. The largest absolute Gasteiger partial charge is 0.482 e. The van der Waals surface area contributed by atoms with Crippen molar-refractivity contribution in [3.63, 3.8) is 0 Å². The smallest absolute Gasteiger partial charge is 0.277 e. The number of nitrogens with zero attached hydrogens (tertiary/aromatic N) is 1. The van der Waals surface area contributed by atoms with Crippen LogP contribution in [0.3, 0.4) is 0 Å². The molecule has 0 fully saturated rings. The summed E-state index contributed by atoms with van der Waals surface area (Å²) in [6.07, 6.45) is 3.82. The summed E-state index contributed by atoms with van der Waals surface area (Å²) >= 11 is 11.7. The van der Waals surface area contributed by atoms with Gasteiger partial charge in [-0.05, 0) is 44.0 Å². The van der Waals surface area contributed by atoms with E-state index in [1.165, 1.54) is 5.57 Å². The van der Waals surface area contributed by atoms with Crippen LogP contribution in [0.1, 0.15) is 19.8 Å². The molecule has 0 saturated heterocycles. The van der Waals surface area contributed by atoms with E-state index >= 15 is 0 Å². The zero-order valence-corrected chi connectivity index (χ0v) is 12.5. The van der Waals surface area contributed by atoms with Crippen molar-refractivity contribution in [3.8, 4) is 5.75 Å². The van der Waals surface area contributed by atoms with E-state index in [1.54, 1.807) is 18.2 Å². The highest BCUT2D eigenvalue weighted by atomic mass is 35.5. The lowest BCUT2D eigenvalue weighted by molar-refractivity contribution is -0.123. The van der Waals surface area contributed by atoms with Gasteiger partial charge in [0.25, 0.3) is 5.91 Å². The van der Waals surface area contributed by atoms with Gasteiger partial charge in [-0.3, -0.25) is 4.79 Å². The number of hydrazone groups is 1. The number of amides is 1. The molecule has 1 aliphatic rings. The SMILES string of the molecule is CC1=C/C(=N/NC(=O)COc2ccc(Cl)cc2Cl)CC1. The standard InChI is InChI=1S/C14H14Cl2N2O2/c1-9-2-4-11(6-9)17-18-14(19)8-20-13-5-3-10(15)7-12(13)16/h3,5-7H,2,4,8H2,1H3,(H,18,19)/b17-11+. The second-order valence-corrected chi connectivity index (χ2v) is 5.34. The molecular weight excluding hydrogens is 299 g/mol. The summed E-state index contributed by atoms with van der Waals surface area (Å²) in [4.78, 5) is 11.6. The summed E-state index contributed by atoms with van der Waals surface area (Å²) in [7, 11) is 0. The Morgan fingerprint density at radius 2 is 2.20 bits per heavy atom. The number of carbonyl (C=O) groups is 1. The molecule has 1 aromatic rings. The van der Waals surface area contributed by atoms with E-state index in [2.05, 4.69) is 10.5 Å². The van der Waals surface area contributed by atoms with Gasteiger partial charge >= 0.3 is 0 Å².